The number of hydrogen-bond donors (Lipinski definition) is 0. The summed E-state index contributed by atoms with van der Waals surface area (Å²) in [5, 5.41) is 0. The number of carbonyl (C=O) groups excluding carboxylic acids is 1. The number of carbonyl (C=O) groups is 1. The molecular formula is C11H12Br2O. The van der Waals surface area contributed by atoms with Crippen molar-refractivity contribution >= 4 is 37.6 Å². The first kappa shape index (κ1) is 11.9. The van der Waals surface area contributed by atoms with Crippen LogP contribution < -0.4 is 0 Å². The Labute approximate surface area is 101 Å². The molecule has 0 aliphatic carbocycles. The SMILES string of the molecule is CC(=O)C(Br)Cc1cccc(Br)c1C. The Bertz CT molecular complexity index is 347. The van der Waals surface area contributed by atoms with E-state index in [2.05, 4.69) is 44.8 Å². The molecule has 0 spiro atoms. The van der Waals surface area contributed by atoms with E-state index < -0.39 is 0 Å². The lowest BCUT2D eigenvalue weighted by molar-refractivity contribution is -0.116. The van der Waals surface area contributed by atoms with Crippen molar-refractivity contribution in [1.82, 2.24) is 0 Å². The Morgan fingerprint density at radius 3 is 2.71 bits per heavy atom. The van der Waals surface area contributed by atoms with E-state index in [0.29, 0.717) is 0 Å². The van der Waals surface area contributed by atoms with E-state index >= 15 is 0 Å². The number of benzene rings is 1. The van der Waals surface area contributed by atoms with Gasteiger partial charge in [0.2, 0.25) is 0 Å². The van der Waals surface area contributed by atoms with E-state index in [4.69, 9.17) is 0 Å². The first-order chi connectivity index (χ1) is 6.52. The molecule has 0 aromatic heterocycles. The number of Topliss-reactive ketones (excluding diaryl/α,β-unsaturated/α-hetero) is 1. The normalized spacial score (nSPS) is 12.6. The monoisotopic (exact) mass is 318 g/mol. The van der Waals surface area contributed by atoms with Crippen LogP contribution in [0.4, 0.5) is 0 Å². The average Bonchev–Trinajstić information content (AvgIpc) is 2.12. The van der Waals surface area contributed by atoms with Crippen LogP contribution in [0.25, 0.3) is 0 Å². The van der Waals surface area contributed by atoms with Crippen molar-refractivity contribution < 1.29 is 4.79 Å². The molecule has 0 amide bonds. The van der Waals surface area contributed by atoms with Gasteiger partial charge in [-0.05, 0) is 37.5 Å². The van der Waals surface area contributed by atoms with Crippen LogP contribution in [0.1, 0.15) is 18.1 Å². The van der Waals surface area contributed by atoms with Gasteiger partial charge in [-0.15, -0.1) is 0 Å². The summed E-state index contributed by atoms with van der Waals surface area (Å²) in [7, 11) is 0. The third-order valence-corrected chi connectivity index (χ3v) is 4.05. The van der Waals surface area contributed by atoms with E-state index in [9.17, 15) is 4.79 Å². The lowest BCUT2D eigenvalue weighted by atomic mass is 10.0. The minimum absolute atomic E-state index is 0.0736. The molecule has 14 heavy (non-hydrogen) atoms. The standard InChI is InChI=1S/C11H12Br2O/c1-7-9(4-3-5-10(7)12)6-11(13)8(2)14/h3-5,11H,6H2,1-2H3. The lowest BCUT2D eigenvalue weighted by Gasteiger charge is -2.10. The van der Waals surface area contributed by atoms with E-state index in [1.807, 2.05) is 12.1 Å². The molecule has 0 N–H and O–H groups in total. The predicted molar refractivity (Wildman–Crippen MR) is 66.0 cm³/mol. The third-order valence-electron chi connectivity index (χ3n) is 2.22. The van der Waals surface area contributed by atoms with Crippen LogP contribution in [0, 0.1) is 6.92 Å². The summed E-state index contributed by atoms with van der Waals surface area (Å²) in [6.45, 7) is 3.66. The van der Waals surface area contributed by atoms with Crippen LogP contribution in [-0.4, -0.2) is 10.6 Å². The number of rotatable bonds is 3. The molecule has 0 saturated heterocycles. The van der Waals surface area contributed by atoms with Gasteiger partial charge in [0.1, 0.15) is 5.78 Å². The van der Waals surface area contributed by atoms with Crippen molar-refractivity contribution in [3.05, 3.63) is 33.8 Å². The van der Waals surface area contributed by atoms with Gasteiger partial charge in [0, 0.05) is 4.47 Å². The third kappa shape index (κ3) is 2.92. The number of hydrogen-bond acceptors (Lipinski definition) is 1. The molecule has 0 bridgehead atoms. The molecule has 1 rings (SSSR count). The Balaban J connectivity index is 2.87. The van der Waals surface area contributed by atoms with Gasteiger partial charge >= 0.3 is 0 Å². The number of alkyl halides is 1. The molecule has 1 unspecified atom stereocenters. The summed E-state index contributed by atoms with van der Waals surface area (Å²) < 4.78 is 1.10. The molecule has 0 aliphatic rings. The second-order valence-electron chi connectivity index (χ2n) is 3.31. The van der Waals surface area contributed by atoms with E-state index in [1.54, 1.807) is 6.92 Å². The number of ketones is 1. The molecule has 0 radical (unpaired) electrons. The molecule has 0 heterocycles. The zero-order chi connectivity index (χ0) is 10.7. The van der Waals surface area contributed by atoms with Crippen LogP contribution >= 0.6 is 31.9 Å². The lowest BCUT2D eigenvalue weighted by Crippen LogP contribution is -2.13. The average molecular weight is 320 g/mol. The summed E-state index contributed by atoms with van der Waals surface area (Å²) in [6.07, 6.45) is 0.751. The minimum Gasteiger partial charge on any atom is -0.299 e. The van der Waals surface area contributed by atoms with Crippen molar-refractivity contribution in [2.75, 3.05) is 0 Å². The Morgan fingerprint density at radius 2 is 2.14 bits per heavy atom. The van der Waals surface area contributed by atoms with Crippen molar-refractivity contribution in [2.24, 2.45) is 0 Å². The maximum absolute atomic E-state index is 11.1. The smallest absolute Gasteiger partial charge is 0.143 e. The molecule has 1 aromatic carbocycles. The zero-order valence-corrected chi connectivity index (χ0v) is 11.4. The van der Waals surface area contributed by atoms with Gasteiger partial charge in [0.25, 0.3) is 0 Å². The highest BCUT2D eigenvalue weighted by molar-refractivity contribution is 9.10. The minimum atomic E-state index is -0.0736. The fourth-order valence-electron chi connectivity index (χ4n) is 1.21. The Morgan fingerprint density at radius 1 is 1.50 bits per heavy atom. The van der Waals surface area contributed by atoms with Gasteiger partial charge in [-0.2, -0.15) is 0 Å². The molecular weight excluding hydrogens is 308 g/mol. The highest BCUT2D eigenvalue weighted by Crippen LogP contribution is 2.22. The zero-order valence-electron chi connectivity index (χ0n) is 8.18. The largest absolute Gasteiger partial charge is 0.299 e. The Hall–Kier alpha value is -0.150. The topological polar surface area (TPSA) is 17.1 Å². The molecule has 1 aromatic rings. The predicted octanol–water partition coefficient (Wildman–Crippen LogP) is 3.65. The van der Waals surface area contributed by atoms with Crippen LogP contribution in [0.15, 0.2) is 22.7 Å². The fraction of sp³-hybridized carbons (Fsp3) is 0.364. The quantitative estimate of drug-likeness (QED) is 0.777. The van der Waals surface area contributed by atoms with Crippen molar-refractivity contribution in [3.63, 3.8) is 0 Å². The van der Waals surface area contributed by atoms with E-state index in [0.717, 1.165) is 10.9 Å². The van der Waals surface area contributed by atoms with Crippen LogP contribution in [-0.2, 0) is 11.2 Å². The number of halogens is 2. The van der Waals surface area contributed by atoms with Crippen LogP contribution in [0.5, 0.6) is 0 Å². The van der Waals surface area contributed by atoms with Crippen LogP contribution in [0.3, 0.4) is 0 Å². The van der Waals surface area contributed by atoms with Gasteiger partial charge in [-0.25, -0.2) is 0 Å². The van der Waals surface area contributed by atoms with Crippen molar-refractivity contribution in [3.8, 4) is 0 Å². The van der Waals surface area contributed by atoms with Crippen molar-refractivity contribution in [2.45, 2.75) is 25.1 Å². The van der Waals surface area contributed by atoms with Crippen LogP contribution in [0.2, 0.25) is 0 Å². The summed E-state index contributed by atoms with van der Waals surface area (Å²) in [4.78, 5) is 11.0. The Kier molecular flexibility index (Phi) is 4.32. The summed E-state index contributed by atoms with van der Waals surface area (Å²) in [6, 6.07) is 6.05. The molecule has 0 aliphatic heterocycles. The second kappa shape index (κ2) is 5.08. The van der Waals surface area contributed by atoms with Crippen molar-refractivity contribution in [1.29, 1.82) is 0 Å². The highest BCUT2D eigenvalue weighted by Gasteiger charge is 2.12. The maximum atomic E-state index is 11.1. The van der Waals surface area contributed by atoms with Gasteiger partial charge in [0.05, 0.1) is 4.83 Å². The molecule has 3 heteroatoms. The molecule has 0 saturated carbocycles. The summed E-state index contributed by atoms with van der Waals surface area (Å²) in [5.41, 5.74) is 2.41. The summed E-state index contributed by atoms with van der Waals surface area (Å²) in [5.74, 6) is 0.171. The molecule has 76 valence electrons. The van der Waals surface area contributed by atoms with Gasteiger partial charge < -0.3 is 0 Å². The van der Waals surface area contributed by atoms with Gasteiger partial charge in [-0.1, -0.05) is 44.0 Å². The van der Waals surface area contributed by atoms with E-state index in [1.165, 1.54) is 11.1 Å². The maximum Gasteiger partial charge on any atom is 0.143 e. The first-order valence-corrected chi connectivity index (χ1v) is 6.11. The fourth-order valence-corrected chi connectivity index (χ4v) is 1.97. The summed E-state index contributed by atoms with van der Waals surface area (Å²) >= 11 is 6.85. The molecule has 1 nitrogen and oxygen atoms in total. The van der Waals surface area contributed by atoms with Gasteiger partial charge in [0.15, 0.2) is 0 Å². The van der Waals surface area contributed by atoms with E-state index in [-0.39, 0.29) is 10.6 Å². The first-order valence-electron chi connectivity index (χ1n) is 4.41. The molecule has 1 atom stereocenters. The van der Waals surface area contributed by atoms with Gasteiger partial charge in [-0.3, -0.25) is 4.79 Å². The highest BCUT2D eigenvalue weighted by atomic mass is 79.9. The second-order valence-corrected chi connectivity index (χ2v) is 5.27. The molecule has 0 fully saturated rings.